The van der Waals surface area contributed by atoms with Gasteiger partial charge < -0.3 is 4.90 Å². The molecule has 1 aliphatic rings. The minimum absolute atomic E-state index is 0.00755. The summed E-state index contributed by atoms with van der Waals surface area (Å²) in [6, 6.07) is 8.19. The van der Waals surface area contributed by atoms with Crippen LogP contribution in [0.4, 0.5) is 0 Å². The fourth-order valence-electron chi connectivity index (χ4n) is 2.58. The van der Waals surface area contributed by atoms with Crippen LogP contribution in [-0.4, -0.2) is 30.8 Å². The van der Waals surface area contributed by atoms with Gasteiger partial charge in [0.15, 0.2) is 0 Å². The Kier molecular flexibility index (Phi) is 5.39. The van der Waals surface area contributed by atoms with Gasteiger partial charge in [0, 0.05) is 23.5 Å². The predicted octanol–water partition coefficient (Wildman–Crippen LogP) is 4.10. The third-order valence-corrected chi connectivity index (χ3v) is 4.47. The smallest absolute Gasteiger partial charge is 0.144 e. The third kappa shape index (κ3) is 4.42. The molecule has 0 bridgehead atoms. The molecule has 1 aromatic rings. The molecule has 0 spiro atoms. The molecular formula is C17H24BrNO. The van der Waals surface area contributed by atoms with Crippen LogP contribution in [0.5, 0.6) is 0 Å². The molecule has 1 fully saturated rings. The SMILES string of the molecule is CC(C)C(=O)[C@H](CN(C)CC1CC1)c1ccc(Br)cc1. The summed E-state index contributed by atoms with van der Waals surface area (Å²) < 4.78 is 1.06. The monoisotopic (exact) mass is 337 g/mol. The number of ketones is 1. The number of Topliss-reactive ketones (excluding diaryl/α,β-unsaturated/α-hetero) is 1. The van der Waals surface area contributed by atoms with Gasteiger partial charge in [-0.15, -0.1) is 0 Å². The second-order valence-corrected chi connectivity index (χ2v) is 7.24. The molecule has 2 nitrogen and oxygen atoms in total. The molecule has 0 N–H and O–H groups in total. The maximum Gasteiger partial charge on any atom is 0.144 e. The summed E-state index contributed by atoms with van der Waals surface area (Å²) in [6.45, 7) is 5.94. The Morgan fingerprint density at radius 1 is 1.30 bits per heavy atom. The van der Waals surface area contributed by atoms with Crippen molar-refractivity contribution in [3.8, 4) is 0 Å². The van der Waals surface area contributed by atoms with E-state index in [1.54, 1.807) is 0 Å². The normalized spacial score (nSPS) is 16.7. The summed E-state index contributed by atoms with van der Waals surface area (Å²) >= 11 is 3.46. The summed E-state index contributed by atoms with van der Waals surface area (Å²) in [5, 5.41) is 0. The average molecular weight is 338 g/mol. The Hall–Kier alpha value is -0.670. The maximum atomic E-state index is 12.5. The summed E-state index contributed by atoms with van der Waals surface area (Å²) in [7, 11) is 2.14. The van der Waals surface area contributed by atoms with Gasteiger partial charge in [0.05, 0.1) is 5.92 Å². The molecule has 1 aromatic carbocycles. The highest BCUT2D eigenvalue weighted by Gasteiger charge is 2.27. The van der Waals surface area contributed by atoms with E-state index in [0.29, 0.717) is 5.78 Å². The highest BCUT2D eigenvalue weighted by molar-refractivity contribution is 9.10. The molecule has 20 heavy (non-hydrogen) atoms. The van der Waals surface area contributed by atoms with Crippen molar-refractivity contribution >= 4 is 21.7 Å². The number of benzene rings is 1. The van der Waals surface area contributed by atoms with Gasteiger partial charge in [-0.3, -0.25) is 4.79 Å². The van der Waals surface area contributed by atoms with Crippen molar-refractivity contribution in [2.75, 3.05) is 20.1 Å². The molecule has 0 radical (unpaired) electrons. The van der Waals surface area contributed by atoms with Crippen LogP contribution in [0.3, 0.4) is 0 Å². The first-order valence-electron chi connectivity index (χ1n) is 7.45. The van der Waals surface area contributed by atoms with E-state index in [2.05, 4.69) is 40.0 Å². The van der Waals surface area contributed by atoms with Crippen molar-refractivity contribution in [1.29, 1.82) is 0 Å². The molecule has 2 rings (SSSR count). The van der Waals surface area contributed by atoms with Gasteiger partial charge in [-0.05, 0) is 43.5 Å². The highest BCUT2D eigenvalue weighted by atomic mass is 79.9. The molecule has 1 atom stereocenters. The van der Waals surface area contributed by atoms with Gasteiger partial charge in [0.25, 0.3) is 0 Å². The summed E-state index contributed by atoms with van der Waals surface area (Å²) in [6.07, 6.45) is 2.71. The quantitative estimate of drug-likeness (QED) is 0.746. The zero-order valence-electron chi connectivity index (χ0n) is 12.6. The van der Waals surface area contributed by atoms with Gasteiger partial charge in [-0.1, -0.05) is 41.9 Å². The van der Waals surface area contributed by atoms with Crippen molar-refractivity contribution in [3.63, 3.8) is 0 Å². The number of nitrogens with zero attached hydrogens (tertiary/aromatic N) is 1. The van der Waals surface area contributed by atoms with Crippen LogP contribution in [-0.2, 0) is 4.79 Å². The molecule has 0 amide bonds. The fourth-order valence-corrected chi connectivity index (χ4v) is 2.85. The van der Waals surface area contributed by atoms with Crippen molar-refractivity contribution in [3.05, 3.63) is 34.3 Å². The molecule has 3 heteroatoms. The number of halogens is 1. The van der Waals surface area contributed by atoms with Crippen LogP contribution in [0, 0.1) is 11.8 Å². The number of hydrogen-bond donors (Lipinski definition) is 0. The number of rotatable bonds is 7. The second-order valence-electron chi connectivity index (χ2n) is 6.33. The second kappa shape index (κ2) is 6.86. The Morgan fingerprint density at radius 3 is 2.40 bits per heavy atom. The molecule has 0 saturated heterocycles. The Bertz CT molecular complexity index is 451. The van der Waals surface area contributed by atoms with Crippen molar-refractivity contribution in [2.24, 2.45) is 11.8 Å². The molecule has 0 unspecified atom stereocenters. The molecule has 110 valence electrons. The largest absolute Gasteiger partial charge is 0.305 e. The lowest BCUT2D eigenvalue weighted by Gasteiger charge is -2.25. The van der Waals surface area contributed by atoms with E-state index >= 15 is 0 Å². The van der Waals surface area contributed by atoms with E-state index in [1.807, 2.05) is 26.0 Å². The first-order chi connectivity index (χ1) is 9.47. The van der Waals surface area contributed by atoms with Gasteiger partial charge in [0.2, 0.25) is 0 Å². The van der Waals surface area contributed by atoms with Gasteiger partial charge in [0.1, 0.15) is 5.78 Å². The number of hydrogen-bond acceptors (Lipinski definition) is 2. The minimum atomic E-state index is -0.00755. The summed E-state index contributed by atoms with van der Waals surface area (Å²) in [5.74, 6) is 1.28. The van der Waals surface area contributed by atoms with Crippen molar-refractivity contribution in [1.82, 2.24) is 4.90 Å². The topological polar surface area (TPSA) is 20.3 Å². The van der Waals surface area contributed by atoms with Crippen LogP contribution >= 0.6 is 15.9 Å². The standard InChI is InChI=1S/C17H24BrNO/c1-12(2)17(20)16(11-19(3)10-13-4-5-13)14-6-8-15(18)9-7-14/h6-9,12-13,16H,4-5,10-11H2,1-3H3/t16-/m1/s1. The van der Waals surface area contributed by atoms with E-state index in [-0.39, 0.29) is 11.8 Å². The Labute approximate surface area is 130 Å². The van der Waals surface area contributed by atoms with Crippen LogP contribution in [0.2, 0.25) is 0 Å². The first kappa shape index (κ1) is 15.7. The van der Waals surface area contributed by atoms with Crippen LogP contribution < -0.4 is 0 Å². The Morgan fingerprint density at radius 2 is 1.90 bits per heavy atom. The molecule has 0 aromatic heterocycles. The van der Waals surface area contributed by atoms with E-state index < -0.39 is 0 Å². The highest BCUT2D eigenvalue weighted by Crippen LogP contribution is 2.30. The fraction of sp³-hybridized carbons (Fsp3) is 0.588. The third-order valence-electron chi connectivity index (χ3n) is 3.95. The van der Waals surface area contributed by atoms with Crippen LogP contribution in [0.15, 0.2) is 28.7 Å². The molecule has 0 heterocycles. The number of likely N-dealkylation sites (N-methyl/N-ethyl adjacent to an activating group) is 1. The lowest BCUT2D eigenvalue weighted by molar-refractivity contribution is -0.123. The van der Waals surface area contributed by atoms with E-state index in [9.17, 15) is 4.79 Å². The van der Waals surface area contributed by atoms with E-state index in [0.717, 1.165) is 29.0 Å². The van der Waals surface area contributed by atoms with Crippen LogP contribution in [0.25, 0.3) is 0 Å². The molecule has 0 aliphatic heterocycles. The van der Waals surface area contributed by atoms with E-state index in [1.165, 1.54) is 12.8 Å². The van der Waals surface area contributed by atoms with Gasteiger partial charge in [-0.2, -0.15) is 0 Å². The van der Waals surface area contributed by atoms with E-state index in [4.69, 9.17) is 0 Å². The lowest BCUT2D eigenvalue weighted by atomic mass is 9.88. The zero-order valence-corrected chi connectivity index (χ0v) is 14.2. The average Bonchev–Trinajstić information content (AvgIpc) is 3.20. The molecule has 1 aliphatic carbocycles. The zero-order chi connectivity index (χ0) is 14.7. The molecular weight excluding hydrogens is 314 g/mol. The predicted molar refractivity (Wildman–Crippen MR) is 86.9 cm³/mol. The summed E-state index contributed by atoms with van der Waals surface area (Å²) in [5.41, 5.74) is 1.13. The maximum absolute atomic E-state index is 12.5. The lowest BCUT2D eigenvalue weighted by Crippen LogP contribution is -2.32. The first-order valence-corrected chi connectivity index (χ1v) is 8.24. The summed E-state index contributed by atoms with van der Waals surface area (Å²) in [4.78, 5) is 14.9. The minimum Gasteiger partial charge on any atom is -0.305 e. The Balaban J connectivity index is 2.10. The van der Waals surface area contributed by atoms with Crippen LogP contribution in [0.1, 0.15) is 38.2 Å². The van der Waals surface area contributed by atoms with Gasteiger partial charge in [-0.25, -0.2) is 0 Å². The van der Waals surface area contributed by atoms with Gasteiger partial charge >= 0.3 is 0 Å². The van der Waals surface area contributed by atoms with Crippen molar-refractivity contribution < 1.29 is 4.79 Å². The number of carbonyl (C=O) groups excluding carboxylic acids is 1. The number of carbonyl (C=O) groups is 1. The molecule has 1 saturated carbocycles. The van der Waals surface area contributed by atoms with Crippen molar-refractivity contribution in [2.45, 2.75) is 32.6 Å².